The first-order chi connectivity index (χ1) is 11.2. The molecule has 1 saturated heterocycles. The second-order valence-electron chi connectivity index (χ2n) is 7.52. The summed E-state index contributed by atoms with van der Waals surface area (Å²) in [6.45, 7) is 6.44. The minimum atomic E-state index is -1.23. The van der Waals surface area contributed by atoms with Crippen LogP contribution in [0.5, 0.6) is 0 Å². The zero-order chi connectivity index (χ0) is 17.5. The van der Waals surface area contributed by atoms with Crippen LogP contribution >= 0.6 is 0 Å². The van der Waals surface area contributed by atoms with E-state index in [2.05, 4.69) is 0 Å². The van der Waals surface area contributed by atoms with Crippen LogP contribution in [-0.2, 0) is 15.5 Å². The van der Waals surface area contributed by atoms with E-state index in [1.54, 1.807) is 23.1 Å². The maximum Gasteiger partial charge on any atom is 0.410 e. The van der Waals surface area contributed by atoms with Gasteiger partial charge in [0.15, 0.2) is 5.78 Å². The van der Waals surface area contributed by atoms with Crippen LogP contribution in [0.1, 0.15) is 50.4 Å². The van der Waals surface area contributed by atoms with Gasteiger partial charge in [0.25, 0.3) is 0 Å². The highest BCUT2D eigenvalue weighted by molar-refractivity contribution is 7.86. The van der Waals surface area contributed by atoms with Crippen LogP contribution in [0.15, 0.2) is 29.2 Å². The van der Waals surface area contributed by atoms with Gasteiger partial charge >= 0.3 is 6.09 Å². The number of ether oxygens (including phenoxy) is 1. The molecule has 1 spiro atoms. The normalized spacial score (nSPS) is 23.0. The summed E-state index contributed by atoms with van der Waals surface area (Å²) in [4.78, 5) is 26.9. The molecule has 2 aliphatic heterocycles. The lowest BCUT2D eigenvalue weighted by atomic mass is 9.88. The van der Waals surface area contributed by atoms with Crippen LogP contribution in [-0.4, -0.2) is 44.4 Å². The lowest BCUT2D eigenvalue weighted by Gasteiger charge is -2.42. The maximum atomic E-state index is 13.1. The molecule has 3 rings (SSSR count). The molecule has 6 heteroatoms. The second-order valence-corrected chi connectivity index (χ2v) is 9.36. The molecule has 0 bridgehead atoms. The van der Waals surface area contributed by atoms with Gasteiger partial charge in [-0.2, -0.15) is 0 Å². The molecule has 5 nitrogen and oxygen atoms in total. The molecule has 2 heterocycles. The summed E-state index contributed by atoms with van der Waals surface area (Å²) < 4.78 is 17.9. The third-order valence-electron chi connectivity index (χ3n) is 4.59. The van der Waals surface area contributed by atoms with Crippen LogP contribution in [0.4, 0.5) is 4.79 Å². The molecule has 1 aromatic carbocycles. The van der Waals surface area contributed by atoms with E-state index in [0.29, 0.717) is 42.8 Å². The van der Waals surface area contributed by atoms with Gasteiger partial charge in [0.1, 0.15) is 5.60 Å². The van der Waals surface area contributed by atoms with Crippen molar-refractivity contribution in [2.45, 2.75) is 55.3 Å². The smallest absolute Gasteiger partial charge is 0.410 e. The average Bonchev–Trinajstić information content (AvgIpc) is 2.52. The van der Waals surface area contributed by atoms with Crippen molar-refractivity contribution in [3.63, 3.8) is 0 Å². The molecule has 130 valence electrons. The van der Waals surface area contributed by atoms with Crippen molar-refractivity contribution < 1.29 is 18.5 Å². The third kappa shape index (κ3) is 3.11. The molecule has 2 aliphatic rings. The van der Waals surface area contributed by atoms with E-state index in [9.17, 15) is 13.8 Å². The molecule has 1 fully saturated rings. The highest BCUT2D eigenvalue weighted by Gasteiger charge is 2.47. The van der Waals surface area contributed by atoms with Crippen molar-refractivity contribution in [2.75, 3.05) is 13.1 Å². The number of hydrogen-bond acceptors (Lipinski definition) is 4. The quantitative estimate of drug-likeness (QED) is 0.722. The van der Waals surface area contributed by atoms with Gasteiger partial charge in [-0.15, -0.1) is 0 Å². The molecule has 24 heavy (non-hydrogen) atoms. The molecule has 1 unspecified atom stereocenters. The molecule has 1 amide bonds. The summed E-state index contributed by atoms with van der Waals surface area (Å²) >= 11 is 0. The molecule has 0 N–H and O–H groups in total. The van der Waals surface area contributed by atoms with Crippen LogP contribution in [0.25, 0.3) is 0 Å². The fraction of sp³-hybridized carbons (Fsp3) is 0.556. The Hall–Kier alpha value is -1.69. The molecule has 1 atom stereocenters. The first-order valence-electron chi connectivity index (χ1n) is 8.24. The Bertz CT molecular complexity index is 699. The Morgan fingerprint density at radius 1 is 1.21 bits per heavy atom. The highest BCUT2D eigenvalue weighted by Crippen LogP contribution is 2.41. The predicted octanol–water partition coefficient (Wildman–Crippen LogP) is 3.15. The van der Waals surface area contributed by atoms with Gasteiger partial charge in [0.2, 0.25) is 0 Å². The lowest BCUT2D eigenvalue weighted by molar-refractivity contribution is 0.0194. The number of fused-ring (bicyclic) bond motifs is 1. The van der Waals surface area contributed by atoms with E-state index >= 15 is 0 Å². The van der Waals surface area contributed by atoms with Crippen LogP contribution in [0.2, 0.25) is 0 Å². The second kappa shape index (κ2) is 5.99. The number of ketones is 1. The minimum absolute atomic E-state index is 0.0518. The van der Waals surface area contributed by atoms with Crippen molar-refractivity contribution in [3.05, 3.63) is 29.8 Å². The highest BCUT2D eigenvalue weighted by atomic mass is 32.2. The van der Waals surface area contributed by atoms with Crippen molar-refractivity contribution in [2.24, 2.45) is 0 Å². The van der Waals surface area contributed by atoms with Crippen molar-refractivity contribution in [1.29, 1.82) is 0 Å². The van der Waals surface area contributed by atoms with Crippen LogP contribution in [0.3, 0.4) is 0 Å². The van der Waals surface area contributed by atoms with Gasteiger partial charge in [-0.1, -0.05) is 18.2 Å². The number of amides is 1. The zero-order valence-corrected chi connectivity index (χ0v) is 15.1. The summed E-state index contributed by atoms with van der Waals surface area (Å²) in [5.41, 5.74) is 0.0467. The number of carbonyl (C=O) groups is 2. The van der Waals surface area contributed by atoms with Crippen molar-refractivity contribution in [1.82, 2.24) is 4.90 Å². The lowest BCUT2D eigenvalue weighted by Crippen LogP contribution is -2.52. The molecule has 0 aromatic heterocycles. The first-order valence-corrected chi connectivity index (χ1v) is 9.39. The fourth-order valence-corrected chi connectivity index (χ4v) is 5.20. The van der Waals surface area contributed by atoms with Crippen LogP contribution in [0, 0.1) is 0 Å². The maximum absolute atomic E-state index is 13.1. The monoisotopic (exact) mass is 349 g/mol. The van der Waals surface area contributed by atoms with Crippen molar-refractivity contribution in [3.8, 4) is 0 Å². The number of Topliss-reactive ketones (excluding diaryl/α,β-unsaturated/α-hetero) is 1. The number of hydrogen-bond donors (Lipinski definition) is 0. The van der Waals surface area contributed by atoms with Crippen molar-refractivity contribution >= 4 is 22.7 Å². The van der Waals surface area contributed by atoms with Gasteiger partial charge < -0.3 is 9.64 Å². The number of nitrogens with zero attached hydrogens (tertiary/aromatic N) is 1. The SMILES string of the molecule is CC(C)(C)OC(=O)N1CCC2(CC1)CC(=O)c1ccccc1S2=O. The molecule has 0 saturated carbocycles. The number of rotatable bonds is 0. The Kier molecular flexibility index (Phi) is 4.28. The molecule has 0 radical (unpaired) electrons. The van der Waals surface area contributed by atoms with Crippen LogP contribution < -0.4 is 0 Å². The van der Waals surface area contributed by atoms with E-state index in [4.69, 9.17) is 4.74 Å². The van der Waals surface area contributed by atoms with Gasteiger partial charge in [-0.25, -0.2) is 4.79 Å². The predicted molar refractivity (Wildman–Crippen MR) is 91.6 cm³/mol. The third-order valence-corrected chi connectivity index (χ3v) is 6.68. The van der Waals surface area contributed by atoms with Gasteiger partial charge in [-0.3, -0.25) is 9.00 Å². The fourth-order valence-electron chi connectivity index (χ4n) is 3.33. The van der Waals surface area contributed by atoms with Gasteiger partial charge in [0, 0.05) is 25.1 Å². The Morgan fingerprint density at radius 3 is 2.46 bits per heavy atom. The molecule has 1 aromatic rings. The summed E-state index contributed by atoms with van der Waals surface area (Å²) in [5.74, 6) is 0.0518. The summed E-state index contributed by atoms with van der Waals surface area (Å²) in [6.07, 6.45) is 1.06. The summed E-state index contributed by atoms with van der Waals surface area (Å²) in [5, 5.41) is 0. The van der Waals surface area contributed by atoms with Gasteiger partial charge in [-0.05, 0) is 39.7 Å². The summed E-state index contributed by atoms with van der Waals surface area (Å²) in [6, 6.07) is 7.15. The number of piperidine rings is 1. The molecular formula is C18H23NO4S. The summed E-state index contributed by atoms with van der Waals surface area (Å²) in [7, 11) is -1.23. The Morgan fingerprint density at radius 2 is 1.83 bits per heavy atom. The van der Waals surface area contributed by atoms with E-state index < -0.39 is 21.1 Å². The standard InChI is InChI=1S/C18H23NO4S/c1-17(2,3)23-16(21)19-10-8-18(9-11-19)12-14(20)13-6-4-5-7-15(13)24(18)22/h4-7H,8-12H2,1-3H3. The first kappa shape index (κ1) is 17.1. The molecule has 0 aliphatic carbocycles. The Balaban J connectivity index is 1.75. The largest absolute Gasteiger partial charge is 0.444 e. The minimum Gasteiger partial charge on any atom is -0.444 e. The van der Waals surface area contributed by atoms with E-state index in [1.807, 2.05) is 26.8 Å². The van der Waals surface area contributed by atoms with E-state index in [0.717, 1.165) is 0 Å². The average molecular weight is 349 g/mol. The molecular weight excluding hydrogens is 326 g/mol. The van der Waals surface area contributed by atoms with E-state index in [-0.39, 0.29) is 11.9 Å². The number of benzene rings is 1. The number of carbonyl (C=O) groups excluding carboxylic acids is 2. The van der Waals surface area contributed by atoms with E-state index in [1.165, 1.54) is 0 Å². The number of likely N-dealkylation sites (tertiary alicyclic amines) is 1. The Labute approximate surface area is 144 Å². The van der Waals surface area contributed by atoms with Gasteiger partial charge in [0.05, 0.1) is 20.4 Å². The zero-order valence-electron chi connectivity index (χ0n) is 14.3. The topological polar surface area (TPSA) is 63.7 Å².